The van der Waals surface area contributed by atoms with Gasteiger partial charge >= 0.3 is 0 Å². The summed E-state index contributed by atoms with van der Waals surface area (Å²) in [4.78, 5) is 2.10. The molecule has 0 spiro atoms. The Kier molecular flexibility index (Phi) is 8.33. The predicted molar refractivity (Wildman–Crippen MR) is 51.7 cm³/mol. The average molecular weight is 191 g/mol. The molecule has 0 aromatic heterocycles. The van der Waals surface area contributed by atoms with E-state index in [0.717, 1.165) is 19.5 Å². The van der Waals surface area contributed by atoms with Gasteiger partial charge in [-0.15, -0.1) is 0 Å². The van der Waals surface area contributed by atoms with Crippen LogP contribution >= 0.6 is 0 Å². The number of nitrogens with zero attached hydrogens (tertiary/aromatic N) is 1. The van der Waals surface area contributed by atoms with Crippen LogP contribution in [0.25, 0.3) is 0 Å². The fraction of sp³-hybridized carbons (Fsp3) is 1.00. The van der Waals surface area contributed by atoms with E-state index in [1.807, 2.05) is 7.05 Å². The van der Waals surface area contributed by atoms with Crippen LogP contribution < -0.4 is 0 Å². The van der Waals surface area contributed by atoms with Crippen LogP contribution in [0.2, 0.25) is 0 Å². The number of hydrogen-bond acceptors (Lipinski definition) is 4. The largest absolute Gasteiger partial charge is 0.394 e. The van der Waals surface area contributed by atoms with Crippen molar-refractivity contribution in [2.24, 2.45) is 0 Å². The molecule has 1 atom stereocenters. The highest BCUT2D eigenvalue weighted by Crippen LogP contribution is 1.92. The zero-order valence-corrected chi connectivity index (χ0v) is 8.57. The molecule has 0 amide bonds. The molecule has 0 saturated heterocycles. The van der Waals surface area contributed by atoms with Crippen molar-refractivity contribution in [1.82, 2.24) is 4.90 Å². The van der Waals surface area contributed by atoms with E-state index < -0.39 is 0 Å². The lowest BCUT2D eigenvalue weighted by molar-refractivity contribution is 0.0751. The molecule has 2 N–H and O–H groups in total. The highest BCUT2D eigenvalue weighted by molar-refractivity contribution is 4.54. The third-order valence-electron chi connectivity index (χ3n) is 1.78. The summed E-state index contributed by atoms with van der Waals surface area (Å²) in [6.45, 7) is 4.63. The molecular formula is C9H21NO3. The molecule has 0 bridgehead atoms. The maximum Gasteiger partial charge on any atom is 0.0698 e. The third kappa shape index (κ3) is 9.76. The van der Waals surface area contributed by atoms with Gasteiger partial charge < -0.3 is 19.8 Å². The van der Waals surface area contributed by atoms with E-state index in [1.165, 1.54) is 0 Å². The molecule has 0 aromatic rings. The van der Waals surface area contributed by atoms with E-state index in [4.69, 9.17) is 14.9 Å². The summed E-state index contributed by atoms with van der Waals surface area (Å²) in [5.74, 6) is 0. The van der Waals surface area contributed by atoms with Gasteiger partial charge in [-0.2, -0.15) is 0 Å². The first-order valence-electron chi connectivity index (χ1n) is 4.72. The SMILES string of the molecule is CC(O)CCN(C)CCOCCO. The van der Waals surface area contributed by atoms with Crippen LogP contribution in [0.3, 0.4) is 0 Å². The fourth-order valence-corrected chi connectivity index (χ4v) is 0.906. The lowest BCUT2D eigenvalue weighted by Gasteiger charge is -2.17. The second kappa shape index (κ2) is 8.44. The summed E-state index contributed by atoms with van der Waals surface area (Å²) in [6, 6.07) is 0. The topological polar surface area (TPSA) is 52.9 Å². The van der Waals surface area contributed by atoms with Crippen LogP contribution in [0, 0.1) is 0 Å². The molecule has 4 nitrogen and oxygen atoms in total. The first-order valence-corrected chi connectivity index (χ1v) is 4.72. The molecule has 0 aliphatic rings. The van der Waals surface area contributed by atoms with E-state index in [9.17, 15) is 0 Å². The highest BCUT2D eigenvalue weighted by atomic mass is 16.5. The summed E-state index contributed by atoms with van der Waals surface area (Å²) in [5.41, 5.74) is 0. The molecule has 0 rings (SSSR count). The Hall–Kier alpha value is -0.160. The van der Waals surface area contributed by atoms with Gasteiger partial charge in [0.05, 0.1) is 25.9 Å². The van der Waals surface area contributed by atoms with Crippen molar-refractivity contribution in [3.05, 3.63) is 0 Å². The Bertz CT molecular complexity index is 109. The van der Waals surface area contributed by atoms with Crippen molar-refractivity contribution in [2.45, 2.75) is 19.4 Å². The van der Waals surface area contributed by atoms with Crippen molar-refractivity contribution in [3.63, 3.8) is 0 Å². The van der Waals surface area contributed by atoms with Crippen molar-refractivity contribution in [1.29, 1.82) is 0 Å². The van der Waals surface area contributed by atoms with E-state index in [-0.39, 0.29) is 12.7 Å². The first kappa shape index (κ1) is 12.8. The molecular weight excluding hydrogens is 170 g/mol. The minimum absolute atomic E-state index is 0.0807. The van der Waals surface area contributed by atoms with Gasteiger partial charge in [-0.05, 0) is 20.4 Å². The highest BCUT2D eigenvalue weighted by Gasteiger charge is 2.00. The van der Waals surface area contributed by atoms with E-state index in [0.29, 0.717) is 13.2 Å². The second-order valence-corrected chi connectivity index (χ2v) is 3.28. The van der Waals surface area contributed by atoms with Crippen LogP contribution in [0.1, 0.15) is 13.3 Å². The standard InChI is InChI=1S/C9H21NO3/c1-9(12)3-4-10(2)5-7-13-8-6-11/h9,11-12H,3-8H2,1-2H3. The molecule has 80 valence electrons. The monoisotopic (exact) mass is 191 g/mol. The molecule has 0 saturated carbocycles. The Morgan fingerprint density at radius 3 is 2.54 bits per heavy atom. The van der Waals surface area contributed by atoms with Crippen molar-refractivity contribution >= 4 is 0 Å². The number of hydrogen-bond donors (Lipinski definition) is 2. The molecule has 0 fully saturated rings. The Balaban J connectivity index is 3.15. The van der Waals surface area contributed by atoms with Gasteiger partial charge in [0.25, 0.3) is 0 Å². The van der Waals surface area contributed by atoms with E-state index in [2.05, 4.69) is 4.90 Å². The smallest absolute Gasteiger partial charge is 0.0698 e. The van der Waals surface area contributed by atoms with Crippen molar-refractivity contribution in [2.75, 3.05) is 40.0 Å². The fourth-order valence-electron chi connectivity index (χ4n) is 0.906. The third-order valence-corrected chi connectivity index (χ3v) is 1.78. The molecule has 0 aliphatic carbocycles. The average Bonchev–Trinajstić information content (AvgIpc) is 2.09. The second-order valence-electron chi connectivity index (χ2n) is 3.28. The van der Waals surface area contributed by atoms with Crippen LogP contribution in [0.15, 0.2) is 0 Å². The van der Waals surface area contributed by atoms with Crippen LogP contribution in [-0.2, 0) is 4.74 Å². The maximum atomic E-state index is 9.02. The minimum Gasteiger partial charge on any atom is -0.394 e. The molecule has 13 heavy (non-hydrogen) atoms. The van der Waals surface area contributed by atoms with Gasteiger partial charge in [0.1, 0.15) is 0 Å². The molecule has 0 aromatic carbocycles. The Morgan fingerprint density at radius 2 is 2.00 bits per heavy atom. The van der Waals surface area contributed by atoms with Gasteiger partial charge in [-0.25, -0.2) is 0 Å². The minimum atomic E-state index is -0.235. The number of likely N-dealkylation sites (N-methyl/N-ethyl adjacent to an activating group) is 1. The number of aliphatic hydroxyl groups is 2. The number of aliphatic hydroxyl groups excluding tert-OH is 2. The number of ether oxygens (including phenoxy) is 1. The van der Waals surface area contributed by atoms with Crippen molar-refractivity contribution < 1.29 is 14.9 Å². The summed E-state index contributed by atoms with van der Waals surface area (Å²) >= 11 is 0. The lowest BCUT2D eigenvalue weighted by atomic mass is 10.3. The summed E-state index contributed by atoms with van der Waals surface area (Å²) in [7, 11) is 1.99. The summed E-state index contributed by atoms with van der Waals surface area (Å²) in [5, 5.41) is 17.5. The van der Waals surface area contributed by atoms with Crippen LogP contribution in [0.4, 0.5) is 0 Å². The molecule has 0 radical (unpaired) electrons. The van der Waals surface area contributed by atoms with Gasteiger partial charge in [-0.3, -0.25) is 0 Å². The maximum absolute atomic E-state index is 9.02. The van der Waals surface area contributed by atoms with Crippen LogP contribution in [-0.4, -0.2) is 61.2 Å². The Labute approximate surface area is 80.1 Å². The van der Waals surface area contributed by atoms with E-state index >= 15 is 0 Å². The van der Waals surface area contributed by atoms with Gasteiger partial charge in [0, 0.05) is 13.1 Å². The molecule has 1 unspecified atom stereocenters. The zero-order chi connectivity index (χ0) is 10.1. The number of rotatable bonds is 8. The zero-order valence-electron chi connectivity index (χ0n) is 8.57. The van der Waals surface area contributed by atoms with Crippen LogP contribution in [0.5, 0.6) is 0 Å². The first-order chi connectivity index (χ1) is 6.16. The van der Waals surface area contributed by atoms with Gasteiger partial charge in [0.2, 0.25) is 0 Å². The molecule has 0 aliphatic heterocycles. The van der Waals surface area contributed by atoms with Gasteiger partial charge in [-0.1, -0.05) is 0 Å². The normalized spacial score (nSPS) is 13.6. The van der Waals surface area contributed by atoms with Gasteiger partial charge in [0.15, 0.2) is 0 Å². The van der Waals surface area contributed by atoms with Crippen molar-refractivity contribution in [3.8, 4) is 0 Å². The van der Waals surface area contributed by atoms with E-state index in [1.54, 1.807) is 6.92 Å². The lowest BCUT2D eigenvalue weighted by Crippen LogP contribution is -2.26. The predicted octanol–water partition coefficient (Wildman–Crippen LogP) is -0.302. The summed E-state index contributed by atoms with van der Waals surface area (Å²) < 4.78 is 5.11. The molecule has 0 heterocycles. The summed E-state index contributed by atoms with van der Waals surface area (Å²) in [6.07, 6.45) is 0.553. The molecule has 4 heteroatoms. The Morgan fingerprint density at radius 1 is 1.31 bits per heavy atom. The quantitative estimate of drug-likeness (QED) is 0.517.